The van der Waals surface area contributed by atoms with E-state index >= 15 is 0 Å². The summed E-state index contributed by atoms with van der Waals surface area (Å²) >= 11 is 2.16. The molecular formula is C29H29IO8. The maximum Gasteiger partial charge on any atom is 0.203 e. The van der Waals surface area contributed by atoms with Crippen molar-refractivity contribution in [2.75, 3.05) is 42.7 Å². The second-order valence-electron chi connectivity index (χ2n) is 8.54. The van der Waals surface area contributed by atoms with Gasteiger partial charge in [0.1, 0.15) is 6.10 Å². The zero-order valence-electron chi connectivity index (χ0n) is 22.2. The van der Waals surface area contributed by atoms with Gasteiger partial charge in [-0.3, -0.25) is 4.79 Å². The van der Waals surface area contributed by atoms with Crippen molar-refractivity contribution in [2.24, 2.45) is 0 Å². The van der Waals surface area contributed by atoms with Crippen molar-refractivity contribution in [1.29, 1.82) is 0 Å². The topological polar surface area (TPSA) is 92.7 Å². The lowest BCUT2D eigenvalue weighted by Crippen LogP contribution is -2.13. The molecule has 0 aliphatic carbocycles. The number of ketones is 1. The number of hydrogen-bond acceptors (Lipinski definition) is 8. The number of benzene rings is 4. The Labute approximate surface area is 234 Å². The first-order valence-corrected chi connectivity index (χ1v) is 12.7. The van der Waals surface area contributed by atoms with E-state index in [2.05, 4.69) is 22.6 Å². The summed E-state index contributed by atoms with van der Waals surface area (Å²) in [6, 6.07) is 10.7. The predicted octanol–water partition coefficient (Wildman–Crippen LogP) is 5.87. The molecule has 8 nitrogen and oxygen atoms in total. The molecule has 0 saturated carbocycles. The fourth-order valence-corrected chi connectivity index (χ4v) is 5.51. The first-order chi connectivity index (χ1) is 18.2. The highest BCUT2D eigenvalue weighted by atomic mass is 127. The van der Waals surface area contributed by atoms with Crippen molar-refractivity contribution < 1.29 is 38.3 Å². The van der Waals surface area contributed by atoms with Crippen molar-refractivity contribution in [3.63, 3.8) is 0 Å². The molecule has 0 heterocycles. The lowest BCUT2D eigenvalue weighted by molar-refractivity contribution is 0.0747. The van der Waals surface area contributed by atoms with Crippen LogP contribution in [0, 0.1) is 10.5 Å². The predicted molar refractivity (Wildman–Crippen MR) is 154 cm³/mol. The summed E-state index contributed by atoms with van der Waals surface area (Å²) < 4.78 is 34.1. The van der Waals surface area contributed by atoms with Crippen LogP contribution in [-0.2, 0) is 0 Å². The number of carbonyl (C=O) groups excluding carboxylic acids is 1. The van der Waals surface area contributed by atoms with E-state index in [1.165, 1.54) is 28.4 Å². The summed E-state index contributed by atoms with van der Waals surface area (Å²) in [6.07, 6.45) is -1.42. The minimum atomic E-state index is -1.42. The van der Waals surface area contributed by atoms with Crippen molar-refractivity contribution in [3.8, 4) is 34.5 Å². The molecule has 1 unspecified atom stereocenters. The fraction of sp³-hybridized carbons (Fsp3) is 0.276. The lowest BCUT2D eigenvalue weighted by Gasteiger charge is -2.19. The minimum absolute atomic E-state index is 0.331. The van der Waals surface area contributed by atoms with Crippen molar-refractivity contribution >= 4 is 49.9 Å². The number of ether oxygens (including phenoxy) is 6. The molecular weight excluding hydrogens is 603 g/mol. The van der Waals surface area contributed by atoms with Crippen molar-refractivity contribution in [1.82, 2.24) is 0 Å². The van der Waals surface area contributed by atoms with Crippen LogP contribution in [0.5, 0.6) is 34.5 Å². The molecule has 0 saturated heterocycles. The van der Waals surface area contributed by atoms with E-state index in [-0.39, 0.29) is 0 Å². The van der Waals surface area contributed by atoms with Gasteiger partial charge in [-0.1, -0.05) is 6.07 Å². The molecule has 1 N–H and O–H groups in total. The average Bonchev–Trinajstić information content (AvgIpc) is 2.93. The summed E-state index contributed by atoms with van der Waals surface area (Å²) in [5.74, 6) is 2.33. The number of fused-ring (bicyclic) bond motifs is 2. The van der Waals surface area contributed by atoms with Crippen molar-refractivity contribution in [3.05, 3.63) is 56.7 Å². The highest BCUT2D eigenvalue weighted by Gasteiger charge is 2.25. The maximum atomic E-state index is 13.6. The Hall–Kier alpha value is -3.44. The van der Waals surface area contributed by atoms with Gasteiger partial charge < -0.3 is 33.5 Å². The Morgan fingerprint density at radius 2 is 1.16 bits per heavy atom. The van der Waals surface area contributed by atoms with E-state index in [4.69, 9.17) is 28.4 Å². The van der Waals surface area contributed by atoms with Crippen LogP contribution in [0.2, 0.25) is 0 Å². The third-order valence-electron chi connectivity index (χ3n) is 6.54. The van der Waals surface area contributed by atoms with Gasteiger partial charge in [0.15, 0.2) is 28.8 Å². The highest BCUT2D eigenvalue weighted by Crippen LogP contribution is 2.46. The van der Waals surface area contributed by atoms with E-state index in [9.17, 15) is 9.90 Å². The first-order valence-electron chi connectivity index (χ1n) is 11.6. The summed E-state index contributed by atoms with van der Waals surface area (Å²) in [5.41, 5.74) is 1.60. The Kier molecular flexibility index (Phi) is 8.08. The number of rotatable bonds is 9. The standard InChI is InChI=1S/C29H29IO8/c1-14-8-15(9-19-17(14)12-22(33-2)28(37-6)26(19)35-4)24(31)25(32)16-10-20-18(21(30)11-16)13-23(34-3)29(38-7)27(20)36-5/h8-13,24,31H,1-7H3. The number of halogens is 1. The zero-order chi connectivity index (χ0) is 27.7. The molecule has 0 fully saturated rings. The van der Waals surface area contributed by atoms with Gasteiger partial charge in [0.25, 0.3) is 0 Å². The molecule has 0 aliphatic heterocycles. The molecule has 0 amide bonds. The number of aliphatic hydroxyl groups excluding tert-OH is 1. The minimum Gasteiger partial charge on any atom is -0.493 e. The summed E-state index contributed by atoms with van der Waals surface area (Å²) in [6.45, 7) is 1.90. The van der Waals surface area contributed by atoms with Gasteiger partial charge >= 0.3 is 0 Å². The number of hydrogen-bond donors (Lipinski definition) is 1. The van der Waals surface area contributed by atoms with Gasteiger partial charge in [0.2, 0.25) is 11.5 Å². The fourth-order valence-electron chi connectivity index (χ4n) is 4.72. The van der Waals surface area contributed by atoms with Gasteiger partial charge in [0, 0.05) is 25.3 Å². The Morgan fingerprint density at radius 1 is 0.658 bits per heavy atom. The molecule has 0 spiro atoms. The number of aliphatic hydroxyl groups is 1. The molecule has 38 heavy (non-hydrogen) atoms. The summed E-state index contributed by atoms with van der Waals surface area (Å²) in [4.78, 5) is 13.6. The Morgan fingerprint density at radius 3 is 1.66 bits per heavy atom. The van der Waals surface area contributed by atoms with Gasteiger partial charge in [0.05, 0.1) is 42.7 Å². The largest absolute Gasteiger partial charge is 0.493 e. The van der Waals surface area contributed by atoms with Gasteiger partial charge in [-0.15, -0.1) is 0 Å². The average molecular weight is 632 g/mol. The Balaban J connectivity index is 1.86. The van der Waals surface area contributed by atoms with Crippen LogP contribution in [0.3, 0.4) is 0 Å². The highest BCUT2D eigenvalue weighted by molar-refractivity contribution is 14.1. The molecule has 1 atom stereocenters. The third-order valence-corrected chi connectivity index (χ3v) is 7.44. The van der Waals surface area contributed by atoms with E-state index in [0.29, 0.717) is 56.4 Å². The Bertz CT molecular complexity index is 1550. The molecule has 9 heteroatoms. The van der Waals surface area contributed by atoms with Gasteiger partial charge in [-0.25, -0.2) is 0 Å². The zero-order valence-corrected chi connectivity index (χ0v) is 24.4. The monoisotopic (exact) mass is 632 g/mol. The smallest absolute Gasteiger partial charge is 0.203 e. The number of methoxy groups -OCH3 is 6. The molecule has 4 aromatic carbocycles. The molecule has 0 bridgehead atoms. The van der Waals surface area contributed by atoms with E-state index in [1.807, 2.05) is 19.1 Å². The van der Waals surface area contributed by atoms with Crippen LogP contribution in [-0.4, -0.2) is 53.5 Å². The molecule has 0 aliphatic rings. The SMILES string of the molecule is COc1cc2c(C)cc(C(O)C(=O)c3cc(I)c4cc(OC)c(OC)c(OC)c4c3)cc2c(OC)c1OC. The van der Waals surface area contributed by atoms with Gasteiger partial charge in [-0.2, -0.15) is 0 Å². The van der Waals surface area contributed by atoms with Crippen LogP contribution < -0.4 is 28.4 Å². The molecule has 0 radical (unpaired) electrons. The van der Waals surface area contributed by atoms with Crippen LogP contribution in [0.25, 0.3) is 21.5 Å². The van der Waals surface area contributed by atoms with E-state index in [0.717, 1.165) is 19.9 Å². The van der Waals surface area contributed by atoms with E-state index in [1.54, 1.807) is 38.5 Å². The second kappa shape index (κ2) is 11.1. The molecule has 200 valence electrons. The quantitative estimate of drug-likeness (QED) is 0.181. The van der Waals surface area contributed by atoms with Crippen LogP contribution in [0.4, 0.5) is 0 Å². The second-order valence-corrected chi connectivity index (χ2v) is 9.71. The first kappa shape index (κ1) is 27.6. The lowest BCUT2D eigenvalue weighted by atomic mass is 9.93. The summed E-state index contributed by atoms with van der Waals surface area (Å²) in [7, 11) is 9.23. The van der Waals surface area contributed by atoms with Crippen molar-refractivity contribution in [2.45, 2.75) is 13.0 Å². The summed E-state index contributed by atoms with van der Waals surface area (Å²) in [5, 5.41) is 14.3. The van der Waals surface area contributed by atoms with Crippen LogP contribution in [0.1, 0.15) is 27.6 Å². The van der Waals surface area contributed by atoms with E-state index < -0.39 is 11.9 Å². The normalized spacial score (nSPS) is 11.8. The maximum absolute atomic E-state index is 13.6. The van der Waals surface area contributed by atoms with Crippen LogP contribution >= 0.6 is 22.6 Å². The molecule has 4 rings (SSSR count). The number of aryl methyl sites for hydroxylation is 1. The number of Topliss-reactive ketones (excluding diaryl/α,β-unsaturated/α-hetero) is 1. The number of carbonyl (C=O) groups is 1. The van der Waals surface area contributed by atoms with Crippen LogP contribution in [0.15, 0.2) is 36.4 Å². The molecule has 4 aromatic rings. The van der Waals surface area contributed by atoms with Gasteiger partial charge in [-0.05, 0) is 76.4 Å². The third kappa shape index (κ3) is 4.54. The molecule has 0 aromatic heterocycles.